The molecule has 0 saturated heterocycles. The van der Waals surface area contributed by atoms with Crippen LogP contribution in [0.25, 0.3) is 6.08 Å². The van der Waals surface area contributed by atoms with Crippen LogP contribution in [0.2, 0.25) is 0 Å². The van der Waals surface area contributed by atoms with Gasteiger partial charge in [0.15, 0.2) is 11.5 Å². The molecule has 1 aromatic carbocycles. The predicted octanol–water partition coefficient (Wildman–Crippen LogP) is 3.60. The lowest BCUT2D eigenvalue weighted by atomic mass is 9.96. The number of methoxy groups -OCH3 is 4. The van der Waals surface area contributed by atoms with Crippen molar-refractivity contribution in [2.45, 2.75) is 32.5 Å². The summed E-state index contributed by atoms with van der Waals surface area (Å²) in [6.07, 6.45) is 3.77. The Labute approximate surface area is 131 Å². The zero-order valence-electron chi connectivity index (χ0n) is 14.3. The Morgan fingerprint density at radius 2 is 1.55 bits per heavy atom. The zero-order valence-corrected chi connectivity index (χ0v) is 14.3. The molecule has 0 N–H and O–H groups in total. The smallest absolute Gasteiger partial charge is 0.204 e. The summed E-state index contributed by atoms with van der Waals surface area (Å²) in [6, 6.07) is 0. The van der Waals surface area contributed by atoms with Crippen LogP contribution in [0.15, 0.2) is 6.08 Å². The van der Waals surface area contributed by atoms with Gasteiger partial charge >= 0.3 is 0 Å². The van der Waals surface area contributed by atoms with Crippen molar-refractivity contribution in [1.82, 2.24) is 0 Å². The molecule has 0 amide bonds. The molecule has 5 nitrogen and oxygen atoms in total. The number of hydrogen-bond donors (Lipinski definition) is 0. The Balaban J connectivity index is 2.83. The van der Waals surface area contributed by atoms with Crippen LogP contribution >= 0.6 is 0 Å². The van der Waals surface area contributed by atoms with Gasteiger partial charge in [0.1, 0.15) is 11.4 Å². The summed E-state index contributed by atoms with van der Waals surface area (Å²) in [5.41, 5.74) is 1.21. The minimum atomic E-state index is -0.426. The maximum absolute atomic E-state index is 6.08. The number of fused-ring (bicyclic) bond motifs is 1. The third-order valence-corrected chi connectivity index (χ3v) is 3.78. The molecule has 1 aromatic rings. The van der Waals surface area contributed by atoms with E-state index in [1.165, 1.54) is 0 Å². The standard InChI is InChI=1S/C17H24O5/c1-10(18-4)12-13(19-5)11-8-9-17(2,3)22-14(11)16(21-7)15(12)20-6/h8-10H,1-7H3/t10-/m0/s1. The Bertz CT molecular complexity index is 589. The highest BCUT2D eigenvalue weighted by Gasteiger charge is 2.34. The monoisotopic (exact) mass is 308 g/mol. The first-order chi connectivity index (χ1) is 10.4. The molecule has 0 spiro atoms. The van der Waals surface area contributed by atoms with Crippen molar-refractivity contribution in [2.24, 2.45) is 0 Å². The van der Waals surface area contributed by atoms with E-state index in [0.29, 0.717) is 23.0 Å². The van der Waals surface area contributed by atoms with Crippen molar-refractivity contribution in [2.75, 3.05) is 28.4 Å². The van der Waals surface area contributed by atoms with Crippen molar-refractivity contribution >= 4 is 6.08 Å². The van der Waals surface area contributed by atoms with Crippen LogP contribution in [0.4, 0.5) is 0 Å². The molecule has 0 fully saturated rings. The van der Waals surface area contributed by atoms with Gasteiger partial charge in [0.2, 0.25) is 5.75 Å². The van der Waals surface area contributed by atoms with E-state index in [9.17, 15) is 0 Å². The van der Waals surface area contributed by atoms with E-state index in [0.717, 1.165) is 11.1 Å². The first kappa shape index (κ1) is 16.5. The first-order valence-corrected chi connectivity index (χ1v) is 7.17. The van der Waals surface area contributed by atoms with Crippen LogP contribution < -0.4 is 18.9 Å². The predicted molar refractivity (Wildman–Crippen MR) is 85.3 cm³/mol. The largest absolute Gasteiger partial charge is 0.495 e. The lowest BCUT2D eigenvalue weighted by Crippen LogP contribution is -2.28. The summed E-state index contributed by atoms with van der Waals surface area (Å²) in [5, 5.41) is 0. The van der Waals surface area contributed by atoms with Gasteiger partial charge in [-0.1, -0.05) is 0 Å². The summed E-state index contributed by atoms with van der Waals surface area (Å²) < 4.78 is 28.3. The van der Waals surface area contributed by atoms with E-state index in [-0.39, 0.29) is 6.10 Å². The van der Waals surface area contributed by atoms with Crippen LogP contribution in [0.5, 0.6) is 23.0 Å². The molecule has 122 valence electrons. The SMILES string of the molecule is COc1c2c(c(OC)c([C@H](C)OC)c1OC)C=CC(C)(C)O2. The zero-order chi connectivity index (χ0) is 16.5. The van der Waals surface area contributed by atoms with Gasteiger partial charge in [-0.3, -0.25) is 0 Å². The van der Waals surface area contributed by atoms with Gasteiger partial charge in [0, 0.05) is 7.11 Å². The second-order valence-corrected chi connectivity index (χ2v) is 5.67. The molecule has 0 bridgehead atoms. The molecule has 1 aliphatic heterocycles. The average molecular weight is 308 g/mol. The van der Waals surface area contributed by atoms with E-state index >= 15 is 0 Å². The van der Waals surface area contributed by atoms with E-state index in [4.69, 9.17) is 23.7 Å². The quantitative estimate of drug-likeness (QED) is 0.831. The number of ether oxygens (including phenoxy) is 5. The Hall–Kier alpha value is -1.88. The topological polar surface area (TPSA) is 46.2 Å². The van der Waals surface area contributed by atoms with Crippen molar-refractivity contribution in [3.63, 3.8) is 0 Å². The Morgan fingerprint density at radius 3 is 2.05 bits per heavy atom. The molecule has 0 radical (unpaired) electrons. The highest BCUT2D eigenvalue weighted by molar-refractivity contribution is 5.77. The Morgan fingerprint density at radius 1 is 0.955 bits per heavy atom. The fraction of sp³-hybridized carbons (Fsp3) is 0.529. The molecule has 0 unspecified atom stereocenters. The normalized spacial score (nSPS) is 16.5. The summed E-state index contributed by atoms with van der Waals surface area (Å²) in [6.45, 7) is 5.90. The van der Waals surface area contributed by atoms with Crippen LogP contribution in [0, 0.1) is 0 Å². The molecule has 0 saturated carbocycles. The van der Waals surface area contributed by atoms with Crippen LogP contribution in [-0.4, -0.2) is 34.0 Å². The molecule has 0 aliphatic carbocycles. The molecule has 1 heterocycles. The Kier molecular flexibility index (Phi) is 4.56. The number of benzene rings is 1. The summed E-state index contributed by atoms with van der Waals surface area (Å²) >= 11 is 0. The van der Waals surface area contributed by atoms with E-state index in [1.54, 1.807) is 28.4 Å². The van der Waals surface area contributed by atoms with E-state index in [2.05, 4.69) is 0 Å². The van der Waals surface area contributed by atoms with Crippen molar-refractivity contribution < 1.29 is 23.7 Å². The molecule has 2 rings (SSSR count). The fourth-order valence-corrected chi connectivity index (χ4v) is 2.63. The van der Waals surface area contributed by atoms with Crippen LogP contribution in [0.3, 0.4) is 0 Å². The minimum absolute atomic E-state index is 0.215. The van der Waals surface area contributed by atoms with Gasteiger partial charge < -0.3 is 23.7 Å². The van der Waals surface area contributed by atoms with Crippen molar-refractivity contribution in [3.05, 3.63) is 17.2 Å². The minimum Gasteiger partial charge on any atom is -0.495 e. The lowest BCUT2D eigenvalue weighted by Gasteiger charge is -2.32. The van der Waals surface area contributed by atoms with Gasteiger partial charge in [-0.2, -0.15) is 0 Å². The highest BCUT2D eigenvalue weighted by atomic mass is 16.5. The second kappa shape index (κ2) is 6.08. The van der Waals surface area contributed by atoms with Gasteiger partial charge in [-0.15, -0.1) is 0 Å². The first-order valence-electron chi connectivity index (χ1n) is 7.17. The van der Waals surface area contributed by atoms with Crippen molar-refractivity contribution in [3.8, 4) is 23.0 Å². The van der Waals surface area contributed by atoms with Gasteiger partial charge in [-0.25, -0.2) is 0 Å². The third kappa shape index (κ3) is 2.61. The molecule has 1 atom stereocenters. The van der Waals surface area contributed by atoms with Gasteiger partial charge in [0.25, 0.3) is 0 Å². The maximum Gasteiger partial charge on any atom is 0.204 e. The molecule has 5 heteroatoms. The molecular weight excluding hydrogens is 284 g/mol. The molecule has 22 heavy (non-hydrogen) atoms. The van der Waals surface area contributed by atoms with Crippen LogP contribution in [-0.2, 0) is 4.74 Å². The summed E-state index contributed by atoms with van der Waals surface area (Å²) in [4.78, 5) is 0. The van der Waals surface area contributed by atoms with Crippen molar-refractivity contribution in [1.29, 1.82) is 0 Å². The molecular formula is C17H24O5. The summed E-state index contributed by atoms with van der Waals surface area (Å²) in [5.74, 6) is 2.41. The highest BCUT2D eigenvalue weighted by Crippen LogP contribution is 2.54. The maximum atomic E-state index is 6.08. The molecule has 1 aliphatic rings. The lowest BCUT2D eigenvalue weighted by molar-refractivity contribution is 0.112. The third-order valence-electron chi connectivity index (χ3n) is 3.78. The number of hydrogen-bond acceptors (Lipinski definition) is 5. The van der Waals surface area contributed by atoms with E-state index in [1.807, 2.05) is 32.9 Å². The van der Waals surface area contributed by atoms with E-state index < -0.39 is 5.60 Å². The molecule has 0 aromatic heterocycles. The van der Waals surface area contributed by atoms with Gasteiger partial charge in [-0.05, 0) is 32.9 Å². The van der Waals surface area contributed by atoms with Crippen LogP contribution in [0.1, 0.15) is 38.0 Å². The second-order valence-electron chi connectivity index (χ2n) is 5.67. The van der Waals surface area contributed by atoms with Gasteiger partial charge in [0.05, 0.1) is 38.6 Å². The number of rotatable bonds is 5. The summed E-state index contributed by atoms with van der Waals surface area (Å²) in [7, 11) is 6.46. The fourth-order valence-electron chi connectivity index (χ4n) is 2.63. The average Bonchev–Trinajstić information content (AvgIpc) is 2.50.